The molecule has 3 saturated heterocycles. The highest BCUT2D eigenvalue weighted by atomic mass is 17.0. The Morgan fingerprint density at radius 3 is 2.44 bits per heavy atom. The quantitative estimate of drug-likeness (QED) is 0.427. The molecule has 1 aromatic carbocycles. The lowest BCUT2D eigenvalue weighted by Gasteiger charge is -2.38. The number of ether oxygens (including phenoxy) is 5. The minimum absolute atomic E-state index is 0.151. The van der Waals surface area contributed by atoms with Gasteiger partial charge in [0.05, 0.1) is 39.6 Å². The lowest BCUT2D eigenvalue weighted by molar-refractivity contribution is -0.769. The summed E-state index contributed by atoms with van der Waals surface area (Å²) in [6.45, 7) is 2.36. The molecule has 4 rings (SSSR count). The average molecular weight is 453 g/mol. The minimum Gasteiger partial charge on any atom is -0.493 e. The number of benzene rings is 1. The molecular formula is C20H27N3O9. The molecule has 3 aliphatic heterocycles. The van der Waals surface area contributed by atoms with Crippen molar-refractivity contribution < 1.29 is 38.4 Å². The Balaban J connectivity index is 1.37. The van der Waals surface area contributed by atoms with E-state index in [0.29, 0.717) is 55.4 Å². The highest BCUT2D eigenvalue weighted by Crippen LogP contribution is 2.40. The van der Waals surface area contributed by atoms with Crippen LogP contribution in [0.3, 0.4) is 0 Å². The van der Waals surface area contributed by atoms with Crippen LogP contribution >= 0.6 is 0 Å². The van der Waals surface area contributed by atoms with E-state index in [1.165, 1.54) is 21.3 Å². The van der Waals surface area contributed by atoms with Crippen LogP contribution in [0.5, 0.6) is 17.2 Å². The third-order valence-electron chi connectivity index (χ3n) is 6.12. The molecule has 0 unspecified atom stereocenters. The zero-order valence-electron chi connectivity index (χ0n) is 18.2. The van der Waals surface area contributed by atoms with E-state index < -0.39 is 17.3 Å². The van der Waals surface area contributed by atoms with Crippen LogP contribution in [0, 0.1) is 10.1 Å². The van der Waals surface area contributed by atoms with Crippen molar-refractivity contribution >= 4 is 5.91 Å². The number of carbonyl (C=O) groups excluding carboxylic acids is 1. The van der Waals surface area contributed by atoms with E-state index in [1.807, 2.05) is 0 Å². The van der Waals surface area contributed by atoms with E-state index in [1.54, 1.807) is 17.0 Å². The maximum absolute atomic E-state index is 13.2. The number of fused-ring (bicyclic) bond motifs is 1. The Morgan fingerprint density at radius 2 is 1.81 bits per heavy atom. The van der Waals surface area contributed by atoms with Crippen molar-refractivity contribution in [1.82, 2.24) is 9.80 Å². The van der Waals surface area contributed by atoms with Gasteiger partial charge in [0, 0.05) is 32.6 Å². The largest absolute Gasteiger partial charge is 0.493 e. The Kier molecular flexibility index (Phi) is 6.53. The van der Waals surface area contributed by atoms with Crippen LogP contribution in [0.2, 0.25) is 0 Å². The number of rotatable bonds is 7. The first-order valence-electron chi connectivity index (χ1n) is 10.4. The van der Waals surface area contributed by atoms with Gasteiger partial charge in [0.25, 0.3) is 11.0 Å². The molecule has 1 aromatic rings. The fourth-order valence-corrected chi connectivity index (χ4v) is 4.55. The first-order chi connectivity index (χ1) is 15.5. The molecule has 0 spiro atoms. The summed E-state index contributed by atoms with van der Waals surface area (Å²) >= 11 is 0. The smallest absolute Gasteiger partial charge is 0.294 e. The fraction of sp³-hybridized carbons (Fsp3) is 0.650. The molecule has 12 nitrogen and oxygen atoms in total. The van der Waals surface area contributed by atoms with Gasteiger partial charge >= 0.3 is 0 Å². The summed E-state index contributed by atoms with van der Waals surface area (Å²) in [4.78, 5) is 32.4. The monoisotopic (exact) mass is 453 g/mol. The molecule has 0 N–H and O–H groups in total. The Hall–Kier alpha value is -2.83. The lowest BCUT2D eigenvalue weighted by Crippen LogP contribution is -2.52. The van der Waals surface area contributed by atoms with Gasteiger partial charge in [-0.15, -0.1) is 10.1 Å². The van der Waals surface area contributed by atoms with Gasteiger partial charge in [0.15, 0.2) is 17.6 Å². The number of hydrogen-bond acceptors (Lipinski definition) is 10. The normalized spacial score (nSPS) is 27.7. The minimum atomic E-state index is -0.806. The van der Waals surface area contributed by atoms with Crippen LogP contribution in [-0.4, -0.2) is 99.4 Å². The van der Waals surface area contributed by atoms with Crippen LogP contribution in [0.15, 0.2) is 12.1 Å². The highest BCUT2D eigenvalue weighted by Gasteiger charge is 2.49. The number of amides is 1. The highest BCUT2D eigenvalue weighted by molar-refractivity contribution is 5.98. The lowest BCUT2D eigenvalue weighted by atomic mass is 10.1. The van der Waals surface area contributed by atoms with Crippen LogP contribution in [0.25, 0.3) is 0 Å². The molecule has 3 heterocycles. The molecule has 1 amide bonds. The molecule has 176 valence electrons. The molecular weight excluding hydrogens is 426 g/mol. The third kappa shape index (κ3) is 4.12. The second-order valence-electron chi connectivity index (χ2n) is 7.74. The second-order valence-corrected chi connectivity index (χ2v) is 7.74. The van der Waals surface area contributed by atoms with Gasteiger partial charge in [0.1, 0.15) is 12.3 Å². The zero-order chi connectivity index (χ0) is 22.8. The van der Waals surface area contributed by atoms with Crippen molar-refractivity contribution in [1.29, 1.82) is 0 Å². The van der Waals surface area contributed by atoms with E-state index in [-0.39, 0.29) is 24.8 Å². The molecule has 0 radical (unpaired) electrons. The Labute approximate surface area is 184 Å². The number of methoxy groups -OCH3 is 3. The predicted octanol–water partition coefficient (Wildman–Crippen LogP) is 0.561. The standard InChI is InChI=1S/C20H27N3O9/c1-27-13-5-4-12(17(28-2)19(13)29-3)20(24)22-8-6-21(7-9-22)16-10-14-18(31-16)15(11-30-14)32-23(25)26/h4-5,14-16,18H,6-11H2,1-3H3/t14-,15+,16+,18+/m1/s1. The van der Waals surface area contributed by atoms with Crippen LogP contribution in [-0.2, 0) is 14.3 Å². The summed E-state index contributed by atoms with van der Waals surface area (Å²) in [7, 11) is 4.50. The molecule has 3 fully saturated rings. The topological polar surface area (TPSA) is 122 Å². The summed E-state index contributed by atoms with van der Waals surface area (Å²) in [6, 6.07) is 3.35. The van der Waals surface area contributed by atoms with Gasteiger partial charge in [-0.2, -0.15) is 0 Å². The molecule has 4 atom stereocenters. The first-order valence-corrected chi connectivity index (χ1v) is 10.4. The van der Waals surface area contributed by atoms with Crippen LogP contribution in [0.4, 0.5) is 0 Å². The van der Waals surface area contributed by atoms with Crippen molar-refractivity contribution in [2.75, 3.05) is 54.1 Å². The van der Waals surface area contributed by atoms with E-state index in [0.717, 1.165) is 0 Å². The van der Waals surface area contributed by atoms with E-state index in [9.17, 15) is 14.9 Å². The van der Waals surface area contributed by atoms with Gasteiger partial charge in [-0.3, -0.25) is 9.69 Å². The van der Waals surface area contributed by atoms with Gasteiger partial charge in [-0.05, 0) is 12.1 Å². The molecule has 0 aliphatic carbocycles. The number of nitrogens with zero attached hydrogens (tertiary/aromatic N) is 3. The second kappa shape index (κ2) is 9.35. The van der Waals surface area contributed by atoms with E-state index >= 15 is 0 Å². The first kappa shape index (κ1) is 22.4. The van der Waals surface area contributed by atoms with Crippen LogP contribution < -0.4 is 14.2 Å². The molecule has 0 bridgehead atoms. The van der Waals surface area contributed by atoms with E-state index in [4.69, 9.17) is 23.7 Å². The molecule has 12 heteroatoms. The molecule has 32 heavy (non-hydrogen) atoms. The zero-order valence-corrected chi connectivity index (χ0v) is 18.2. The van der Waals surface area contributed by atoms with E-state index in [2.05, 4.69) is 9.74 Å². The van der Waals surface area contributed by atoms with Crippen molar-refractivity contribution in [3.63, 3.8) is 0 Å². The maximum Gasteiger partial charge on any atom is 0.294 e. The third-order valence-corrected chi connectivity index (χ3v) is 6.12. The van der Waals surface area contributed by atoms with Gasteiger partial charge in [-0.1, -0.05) is 0 Å². The molecule has 0 saturated carbocycles. The number of carbonyl (C=O) groups is 1. The summed E-state index contributed by atoms with van der Waals surface area (Å²) in [5, 5.41) is 9.86. The molecule has 0 aromatic heterocycles. The van der Waals surface area contributed by atoms with Gasteiger partial charge < -0.3 is 33.4 Å². The maximum atomic E-state index is 13.2. The number of hydrogen-bond donors (Lipinski definition) is 0. The van der Waals surface area contributed by atoms with Crippen molar-refractivity contribution in [3.05, 3.63) is 27.8 Å². The van der Waals surface area contributed by atoms with Crippen molar-refractivity contribution in [2.45, 2.75) is 31.0 Å². The fourth-order valence-electron chi connectivity index (χ4n) is 4.55. The van der Waals surface area contributed by atoms with Crippen molar-refractivity contribution in [2.24, 2.45) is 0 Å². The van der Waals surface area contributed by atoms with Gasteiger partial charge in [-0.25, -0.2) is 0 Å². The Morgan fingerprint density at radius 1 is 1.09 bits per heavy atom. The summed E-state index contributed by atoms with van der Waals surface area (Å²) in [6.07, 6.45) is -1.00. The SMILES string of the molecule is COc1ccc(C(=O)N2CCN([C@@H]3C[C@H]4OC[C@H](O[N+](=O)[O-])[C@H]4O3)CC2)c(OC)c1OC. The van der Waals surface area contributed by atoms with Crippen LogP contribution in [0.1, 0.15) is 16.8 Å². The molecule has 3 aliphatic rings. The van der Waals surface area contributed by atoms with Crippen molar-refractivity contribution in [3.8, 4) is 17.2 Å². The average Bonchev–Trinajstić information content (AvgIpc) is 3.39. The summed E-state index contributed by atoms with van der Waals surface area (Å²) in [5.41, 5.74) is 0.401. The Bertz CT molecular complexity index is 859. The predicted molar refractivity (Wildman–Crippen MR) is 108 cm³/mol. The number of piperazine rings is 1. The summed E-state index contributed by atoms with van der Waals surface area (Å²) < 4.78 is 27.8. The van der Waals surface area contributed by atoms with Gasteiger partial charge in [0.2, 0.25) is 5.75 Å². The summed E-state index contributed by atoms with van der Waals surface area (Å²) in [5.74, 6) is 1.03.